The summed E-state index contributed by atoms with van der Waals surface area (Å²) in [6.45, 7) is 1.61. The first-order valence-corrected chi connectivity index (χ1v) is 11.6. The predicted octanol–water partition coefficient (Wildman–Crippen LogP) is 1.98. The Morgan fingerprint density at radius 2 is 1.53 bits per heavy atom. The fraction of sp³-hybridized carbons (Fsp3) is 0.385. The average molecular weight is 462 g/mol. The van der Waals surface area contributed by atoms with Gasteiger partial charge in [0.15, 0.2) is 5.54 Å². The lowest BCUT2D eigenvalue weighted by Crippen LogP contribution is -2.47. The van der Waals surface area contributed by atoms with E-state index in [2.05, 4.69) is 10.6 Å². The highest BCUT2D eigenvalue weighted by Gasteiger charge is 2.55. The second-order valence-electron chi connectivity index (χ2n) is 9.11. The molecule has 0 radical (unpaired) electrons. The SMILES string of the molecule is CC(=O)C1C(C(=O)NCCN2C(=O)NC(c3ccccc3)(c3ccccc3)C2=O)[C@@H]2CC[C@H]1O2. The first kappa shape index (κ1) is 22.3. The van der Waals surface area contributed by atoms with Gasteiger partial charge in [-0.3, -0.25) is 19.3 Å². The molecule has 5 rings (SSSR count). The van der Waals surface area contributed by atoms with Crippen molar-refractivity contribution in [3.05, 3.63) is 71.8 Å². The molecule has 3 heterocycles. The molecular weight excluding hydrogens is 434 g/mol. The van der Waals surface area contributed by atoms with E-state index in [1.807, 2.05) is 60.7 Å². The summed E-state index contributed by atoms with van der Waals surface area (Å²) >= 11 is 0. The molecule has 2 bridgehead atoms. The lowest BCUT2D eigenvalue weighted by atomic mass is 9.77. The fourth-order valence-electron chi connectivity index (χ4n) is 5.65. The number of imide groups is 1. The van der Waals surface area contributed by atoms with E-state index in [9.17, 15) is 19.2 Å². The molecule has 0 aromatic heterocycles. The number of carbonyl (C=O) groups is 4. The number of Topliss-reactive ketones (excluding diaryl/α,β-unsaturated/α-hetero) is 1. The maximum atomic E-state index is 13.7. The zero-order valence-electron chi connectivity index (χ0n) is 18.9. The molecule has 3 aliphatic rings. The number of ether oxygens (including phenoxy) is 1. The van der Waals surface area contributed by atoms with Crippen molar-refractivity contribution in [1.82, 2.24) is 15.5 Å². The maximum absolute atomic E-state index is 13.7. The number of amides is 4. The summed E-state index contributed by atoms with van der Waals surface area (Å²) in [6.07, 6.45) is 1.11. The van der Waals surface area contributed by atoms with Crippen molar-refractivity contribution in [2.45, 2.75) is 37.5 Å². The van der Waals surface area contributed by atoms with Crippen LogP contribution in [0.5, 0.6) is 0 Å². The molecule has 0 spiro atoms. The van der Waals surface area contributed by atoms with Gasteiger partial charge in [0.1, 0.15) is 5.78 Å². The monoisotopic (exact) mass is 461 g/mol. The van der Waals surface area contributed by atoms with Gasteiger partial charge in [0.25, 0.3) is 5.91 Å². The van der Waals surface area contributed by atoms with E-state index >= 15 is 0 Å². The van der Waals surface area contributed by atoms with Gasteiger partial charge in [0, 0.05) is 13.1 Å². The zero-order valence-corrected chi connectivity index (χ0v) is 18.9. The Morgan fingerprint density at radius 1 is 0.971 bits per heavy atom. The molecule has 2 aromatic rings. The number of benzene rings is 2. The van der Waals surface area contributed by atoms with Crippen LogP contribution in [0.15, 0.2) is 60.7 Å². The smallest absolute Gasteiger partial charge is 0.325 e. The summed E-state index contributed by atoms with van der Waals surface area (Å²) in [5.74, 6) is -1.66. The van der Waals surface area contributed by atoms with Crippen LogP contribution in [-0.2, 0) is 24.7 Å². The van der Waals surface area contributed by atoms with Gasteiger partial charge in [-0.05, 0) is 30.9 Å². The summed E-state index contributed by atoms with van der Waals surface area (Å²) < 4.78 is 5.81. The van der Waals surface area contributed by atoms with Crippen LogP contribution in [0, 0.1) is 11.8 Å². The molecule has 8 heteroatoms. The summed E-state index contributed by atoms with van der Waals surface area (Å²) in [5.41, 5.74) is -0.00839. The normalized spacial score (nSPS) is 27.0. The topological polar surface area (TPSA) is 105 Å². The van der Waals surface area contributed by atoms with Gasteiger partial charge < -0.3 is 15.4 Å². The molecule has 176 valence electrons. The first-order valence-electron chi connectivity index (χ1n) is 11.6. The van der Waals surface area contributed by atoms with Crippen LogP contribution in [0.1, 0.15) is 30.9 Å². The van der Waals surface area contributed by atoms with E-state index in [1.165, 1.54) is 6.92 Å². The highest BCUT2D eigenvalue weighted by molar-refractivity contribution is 6.09. The van der Waals surface area contributed by atoms with Crippen molar-refractivity contribution in [3.63, 3.8) is 0 Å². The van der Waals surface area contributed by atoms with Gasteiger partial charge in [0.05, 0.1) is 24.0 Å². The van der Waals surface area contributed by atoms with E-state index in [-0.39, 0.29) is 37.0 Å². The van der Waals surface area contributed by atoms with E-state index in [4.69, 9.17) is 4.74 Å². The number of hydrogen-bond acceptors (Lipinski definition) is 5. The molecule has 2 unspecified atom stereocenters. The van der Waals surface area contributed by atoms with Gasteiger partial charge in [0.2, 0.25) is 5.91 Å². The minimum atomic E-state index is -1.33. The summed E-state index contributed by atoms with van der Waals surface area (Å²) in [4.78, 5) is 52.8. The van der Waals surface area contributed by atoms with Gasteiger partial charge in [-0.15, -0.1) is 0 Å². The molecule has 2 N–H and O–H groups in total. The van der Waals surface area contributed by atoms with Crippen molar-refractivity contribution < 1.29 is 23.9 Å². The number of rotatable bonds is 7. The quantitative estimate of drug-likeness (QED) is 0.614. The molecule has 4 atom stereocenters. The van der Waals surface area contributed by atoms with Crippen LogP contribution in [0.2, 0.25) is 0 Å². The Kier molecular flexibility index (Phi) is 5.69. The Hall–Kier alpha value is -3.52. The molecule has 0 saturated carbocycles. The molecule has 4 amide bonds. The standard InChI is InChI=1S/C26H27N3O5/c1-16(30)21-19-12-13-20(34-19)22(21)23(31)27-14-15-29-24(32)26(28-25(29)33,17-8-4-2-5-9-17)18-10-6-3-7-11-18/h2-11,19-22H,12-15H2,1H3,(H,27,31)(H,28,33)/t19-,20+,21?,22?/m1/s1. The molecule has 2 aromatic carbocycles. The molecule has 0 aliphatic carbocycles. The van der Waals surface area contributed by atoms with Gasteiger partial charge in [-0.25, -0.2) is 4.79 Å². The molecule has 34 heavy (non-hydrogen) atoms. The predicted molar refractivity (Wildman–Crippen MR) is 122 cm³/mol. The lowest BCUT2D eigenvalue weighted by Gasteiger charge is -2.28. The van der Waals surface area contributed by atoms with Crippen LogP contribution >= 0.6 is 0 Å². The summed E-state index contributed by atoms with van der Waals surface area (Å²) in [6, 6.07) is 17.7. The van der Waals surface area contributed by atoms with E-state index < -0.39 is 29.3 Å². The van der Waals surface area contributed by atoms with Crippen molar-refractivity contribution >= 4 is 23.6 Å². The number of ketones is 1. The molecule has 3 saturated heterocycles. The molecule has 3 fully saturated rings. The Balaban J connectivity index is 1.32. The van der Waals surface area contributed by atoms with Crippen LogP contribution in [0.25, 0.3) is 0 Å². The molecule has 8 nitrogen and oxygen atoms in total. The summed E-state index contributed by atoms with van der Waals surface area (Å²) in [7, 11) is 0. The Labute approximate surface area is 197 Å². The largest absolute Gasteiger partial charge is 0.373 e. The average Bonchev–Trinajstić information content (AvgIpc) is 3.54. The van der Waals surface area contributed by atoms with E-state index in [0.717, 1.165) is 17.7 Å². The number of nitrogens with zero attached hydrogens (tertiary/aromatic N) is 1. The third kappa shape index (κ3) is 3.49. The minimum absolute atomic E-state index is 0.0181. The van der Waals surface area contributed by atoms with Crippen LogP contribution < -0.4 is 10.6 Å². The van der Waals surface area contributed by atoms with Crippen LogP contribution in [0.4, 0.5) is 4.79 Å². The van der Waals surface area contributed by atoms with Crippen molar-refractivity contribution in [3.8, 4) is 0 Å². The highest BCUT2D eigenvalue weighted by Crippen LogP contribution is 2.44. The molecular formula is C26H27N3O5. The zero-order chi connectivity index (χ0) is 23.9. The van der Waals surface area contributed by atoms with Crippen LogP contribution in [-0.4, -0.2) is 53.8 Å². The number of nitrogens with one attached hydrogen (secondary N) is 2. The Morgan fingerprint density at radius 3 is 2.09 bits per heavy atom. The van der Waals surface area contributed by atoms with Crippen molar-refractivity contribution in [2.24, 2.45) is 11.8 Å². The first-order chi connectivity index (χ1) is 16.4. The minimum Gasteiger partial charge on any atom is -0.373 e. The van der Waals surface area contributed by atoms with Crippen molar-refractivity contribution in [1.29, 1.82) is 0 Å². The fourth-order valence-corrected chi connectivity index (χ4v) is 5.65. The summed E-state index contributed by atoms with van der Waals surface area (Å²) in [5, 5.41) is 5.72. The Bertz CT molecular complexity index is 1080. The molecule has 3 aliphatic heterocycles. The van der Waals surface area contributed by atoms with Crippen molar-refractivity contribution in [2.75, 3.05) is 13.1 Å². The van der Waals surface area contributed by atoms with Gasteiger partial charge >= 0.3 is 6.03 Å². The van der Waals surface area contributed by atoms with Gasteiger partial charge in [-0.2, -0.15) is 0 Å². The van der Waals surface area contributed by atoms with Gasteiger partial charge in [-0.1, -0.05) is 60.7 Å². The maximum Gasteiger partial charge on any atom is 0.325 e. The second kappa shape index (κ2) is 8.68. The number of fused-ring (bicyclic) bond motifs is 2. The number of urea groups is 1. The second-order valence-corrected chi connectivity index (χ2v) is 9.11. The van der Waals surface area contributed by atoms with E-state index in [1.54, 1.807) is 0 Å². The highest BCUT2D eigenvalue weighted by atomic mass is 16.5. The lowest BCUT2D eigenvalue weighted by molar-refractivity contribution is -0.133. The van der Waals surface area contributed by atoms with Crippen LogP contribution in [0.3, 0.4) is 0 Å². The van der Waals surface area contributed by atoms with E-state index in [0.29, 0.717) is 11.1 Å². The number of carbonyl (C=O) groups excluding carboxylic acids is 4. The third-order valence-corrected chi connectivity index (χ3v) is 7.20. The third-order valence-electron chi connectivity index (χ3n) is 7.20. The number of hydrogen-bond donors (Lipinski definition) is 2.